The number of aromatic nitrogens is 2. The van der Waals surface area contributed by atoms with Gasteiger partial charge in [-0.3, -0.25) is 9.78 Å². The summed E-state index contributed by atoms with van der Waals surface area (Å²) in [5.41, 5.74) is 4.04. The Hall–Kier alpha value is -3.45. The highest BCUT2D eigenvalue weighted by Gasteiger charge is 2.30. The Morgan fingerprint density at radius 2 is 1.97 bits per heavy atom. The first-order valence-corrected chi connectivity index (χ1v) is 12.5. The molecule has 0 fully saturated rings. The van der Waals surface area contributed by atoms with Crippen molar-refractivity contribution in [3.05, 3.63) is 111 Å². The van der Waals surface area contributed by atoms with E-state index in [9.17, 15) is 9.18 Å². The molecular weight excluding hydrogens is 512 g/mol. The van der Waals surface area contributed by atoms with Gasteiger partial charge >= 0.3 is 0 Å². The molecule has 6 rings (SSSR count). The maximum absolute atomic E-state index is 15.0. The van der Waals surface area contributed by atoms with Crippen LogP contribution in [0.2, 0.25) is 10.0 Å². The number of carbonyl (C=O) groups is 1. The number of hydrogen-bond donors (Lipinski definition) is 2. The number of nitrogens with zero attached hydrogens (tertiary/aromatic N) is 1. The minimum absolute atomic E-state index is 0.318. The lowest BCUT2D eigenvalue weighted by Crippen LogP contribution is -2.41. The summed E-state index contributed by atoms with van der Waals surface area (Å²) in [5.74, 6) is -0.746. The minimum Gasteiger partial charge on any atom is -0.364 e. The van der Waals surface area contributed by atoms with Gasteiger partial charge in [0.2, 0.25) is 0 Å². The Bertz CT molecular complexity index is 1710. The highest BCUT2D eigenvalue weighted by atomic mass is 35.5. The molecule has 0 aliphatic carbocycles. The number of hydrogen-bond acceptors (Lipinski definition) is 3. The van der Waals surface area contributed by atoms with Gasteiger partial charge in [0.05, 0.1) is 22.7 Å². The number of halogens is 3. The molecule has 0 saturated carbocycles. The van der Waals surface area contributed by atoms with Crippen molar-refractivity contribution in [2.24, 2.45) is 0 Å². The van der Waals surface area contributed by atoms with E-state index in [4.69, 9.17) is 27.9 Å². The second-order valence-electron chi connectivity index (χ2n) is 9.80. The van der Waals surface area contributed by atoms with Crippen molar-refractivity contribution in [3.63, 3.8) is 0 Å². The van der Waals surface area contributed by atoms with E-state index in [1.165, 1.54) is 6.07 Å². The molecule has 5 aromatic rings. The monoisotopic (exact) mass is 533 g/mol. The minimum atomic E-state index is -0.994. The average molecular weight is 534 g/mol. The molecule has 0 saturated heterocycles. The maximum atomic E-state index is 15.0. The van der Waals surface area contributed by atoms with Gasteiger partial charge in [0, 0.05) is 50.4 Å². The van der Waals surface area contributed by atoms with Crippen LogP contribution >= 0.6 is 23.2 Å². The summed E-state index contributed by atoms with van der Waals surface area (Å²) in [5, 5.41) is 5.72. The first kappa shape index (κ1) is 23.9. The Morgan fingerprint density at radius 1 is 1.14 bits per heavy atom. The SMILES string of the molecule is CC(C)(NC(=O)c1ccc2c(c1)C(c1cnc3ccc(Cl)cc3c1)OC2)c1cc2c(Cl)c[nH]c2cc1F. The zero-order valence-corrected chi connectivity index (χ0v) is 21.5. The van der Waals surface area contributed by atoms with Crippen LogP contribution in [0.3, 0.4) is 0 Å². The van der Waals surface area contributed by atoms with E-state index in [1.54, 1.807) is 44.4 Å². The number of benzene rings is 3. The molecule has 5 nitrogen and oxygen atoms in total. The Balaban J connectivity index is 1.30. The highest BCUT2D eigenvalue weighted by Crippen LogP contribution is 2.37. The standard InChI is InChI=1S/C29H22Cl2FN3O2/c1-29(2,22-10-21-23(31)13-34-26(21)11-24(22)32)35-28(36)15-3-4-16-14-37-27(20(16)9-15)18-7-17-8-19(30)5-6-25(17)33-12-18/h3-13,27,34H,14H2,1-2H3,(H,35,36). The van der Waals surface area contributed by atoms with Gasteiger partial charge in [-0.05, 0) is 73.5 Å². The zero-order chi connectivity index (χ0) is 25.9. The fourth-order valence-corrected chi connectivity index (χ4v) is 5.32. The van der Waals surface area contributed by atoms with Crippen molar-refractivity contribution in [2.45, 2.75) is 32.1 Å². The summed E-state index contributed by atoms with van der Waals surface area (Å²) in [6.07, 6.45) is 3.04. The molecule has 8 heteroatoms. The lowest BCUT2D eigenvalue weighted by Gasteiger charge is -2.28. The molecule has 186 valence electrons. The second-order valence-corrected chi connectivity index (χ2v) is 10.6. The number of rotatable bonds is 4. The van der Waals surface area contributed by atoms with E-state index >= 15 is 0 Å². The third-order valence-corrected chi connectivity index (χ3v) is 7.43. The number of ether oxygens (including phenoxy) is 1. The lowest BCUT2D eigenvalue weighted by molar-refractivity contribution is 0.0908. The third kappa shape index (κ3) is 4.25. The van der Waals surface area contributed by atoms with Gasteiger partial charge in [0.25, 0.3) is 5.91 Å². The molecule has 0 spiro atoms. The van der Waals surface area contributed by atoms with Gasteiger partial charge in [-0.25, -0.2) is 4.39 Å². The van der Waals surface area contributed by atoms with Gasteiger partial charge in [-0.2, -0.15) is 0 Å². The number of H-pyrrole nitrogens is 1. The first-order chi connectivity index (χ1) is 17.7. The van der Waals surface area contributed by atoms with Crippen LogP contribution in [0.4, 0.5) is 4.39 Å². The molecule has 2 aromatic heterocycles. The van der Waals surface area contributed by atoms with Crippen molar-refractivity contribution in [3.8, 4) is 0 Å². The fraction of sp³-hybridized carbons (Fsp3) is 0.172. The third-order valence-electron chi connectivity index (χ3n) is 6.88. The van der Waals surface area contributed by atoms with Crippen LogP contribution in [-0.2, 0) is 16.9 Å². The van der Waals surface area contributed by atoms with Crippen LogP contribution in [0, 0.1) is 5.82 Å². The molecule has 1 atom stereocenters. The van der Waals surface area contributed by atoms with Crippen LogP contribution in [-0.4, -0.2) is 15.9 Å². The number of amides is 1. The van der Waals surface area contributed by atoms with Gasteiger partial charge in [0.15, 0.2) is 0 Å². The Kier molecular flexibility index (Phi) is 5.71. The van der Waals surface area contributed by atoms with Crippen molar-refractivity contribution >= 4 is 50.9 Å². The first-order valence-electron chi connectivity index (χ1n) is 11.8. The smallest absolute Gasteiger partial charge is 0.251 e. The van der Waals surface area contributed by atoms with E-state index in [0.717, 1.165) is 27.6 Å². The van der Waals surface area contributed by atoms with Gasteiger partial charge in [0.1, 0.15) is 11.9 Å². The van der Waals surface area contributed by atoms with Crippen LogP contribution < -0.4 is 5.32 Å². The Labute approximate surface area is 222 Å². The predicted octanol–water partition coefficient (Wildman–Crippen LogP) is 7.45. The molecule has 1 amide bonds. The number of nitrogens with one attached hydrogen (secondary N) is 2. The highest BCUT2D eigenvalue weighted by molar-refractivity contribution is 6.35. The largest absolute Gasteiger partial charge is 0.364 e. The van der Waals surface area contributed by atoms with E-state index in [1.807, 2.05) is 30.3 Å². The van der Waals surface area contributed by atoms with Crippen LogP contribution in [0.15, 0.2) is 67.0 Å². The fourth-order valence-electron chi connectivity index (χ4n) is 4.92. The van der Waals surface area contributed by atoms with E-state index in [-0.39, 0.29) is 12.0 Å². The van der Waals surface area contributed by atoms with Crippen LogP contribution in [0.1, 0.15) is 52.6 Å². The normalized spacial score (nSPS) is 15.3. The maximum Gasteiger partial charge on any atom is 0.251 e. The van der Waals surface area contributed by atoms with Crippen LogP contribution in [0.25, 0.3) is 21.8 Å². The Morgan fingerprint density at radius 3 is 2.81 bits per heavy atom. The second kappa shape index (κ2) is 8.84. The molecule has 2 N–H and O–H groups in total. The van der Waals surface area contributed by atoms with E-state index < -0.39 is 11.4 Å². The molecule has 37 heavy (non-hydrogen) atoms. The number of fused-ring (bicyclic) bond motifs is 3. The molecule has 0 radical (unpaired) electrons. The van der Waals surface area contributed by atoms with Gasteiger partial charge in [-0.1, -0.05) is 29.3 Å². The molecule has 1 aliphatic heterocycles. The summed E-state index contributed by atoms with van der Waals surface area (Å²) in [6.45, 7) is 3.96. The summed E-state index contributed by atoms with van der Waals surface area (Å²) >= 11 is 12.4. The molecular formula is C29H22Cl2FN3O2. The number of pyridine rings is 1. The van der Waals surface area contributed by atoms with Crippen molar-refractivity contribution in [2.75, 3.05) is 0 Å². The predicted molar refractivity (Wildman–Crippen MR) is 144 cm³/mol. The van der Waals surface area contributed by atoms with Crippen LogP contribution in [0.5, 0.6) is 0 Å². The van der Waals surface area contributed by atoms with Gasteiger partial charge in [-0.15, -0.1) is 0 Å². The van der Waals surface area contributed by atoms with E-state index in [0.29, 0.717) is 38.7 Å². The topological polar surface area (TPSA) is 67.0 Å². The molecule has 1 aliphatic rings. The summed E-state index contributed by atoms with van der Waals surface area (Å²) in [4.78, 5) is 20.8. The zero-order valence-electron chi connectivity index (χ0n) is 20.0. The summed E-state index contributed by atoms with van der Waals surface area (Å²) < 4.78 is 21.1. The summed E-state index contributed by atoms with van der Waals surface area (Å²) in [7, 11) is 0. The number of carbonyl (C=O) groups excluding carboxylic acids is 1. The summed E-state index contributed by atoms with van der Waals surface area (Å²) in [6, 6.07) is 16.1. The lowest BCUT2D eigenvalue weighted by atomic mass is 9.91. The molecule has 1 unspecified atom stereocenters. The van der Waals surface area contributed by atoms with Gasteiger partial charge < -0.3 is 15.0 Å². The molecule has 0 bridgehead atoms. The van der Waals surface area contributed by atoms with Crippen molar-refractivity contribution < 1.29 is 13.9 Å². The quantitative estimate of drug-likeness (QED) is 0.252. The molecule has 3 aromatic carbocycles. The number of aromatic amines is 1. The molecule has 3 heterocycles. The van der Waals surface area contributed by atoms with Crippen molar-refractivity contribution in [1.29, 1.82) is 0 Å². The average Bonchev–Trinajstić information content (AvgIpc) is 3.45. The van der Waals surface area contributed by atoms with E-state index in [2.05, 4.69) is 15.3 Å². The van der Waals surface area contributed by atoms with Crippen molar-refractivity contribution in [1.82, 2.24) is 15.3 Å².